The van der Waals surface area contributed by atoms with Gasteiger partial charge in [-0.15, -0.1) is 0 Å². The van der Waals surface area contributed by atoms with E-state index in [0.29, 0.717) is 6.04 Å². The highest BCUT2D eigenvalue weighted by Crippen LogP contribution is 2.16. The molecule has 1 rings (SSSR count). The first-order valence-electron chi connectivity index (χ1n) is 6.04. The lowest BCUT2D eigenvalue weighted by Gasteiger charge is -2.12. The molecule has 0 aromatic heterocycles. The molecule has 0 bridgehead atoms. The first-order chi connectivity index (χ1) is 7.61. The van der Waals surface area contributed by atoms with E-state index >= 15 is 0 Å². The van der Waals surface area contributed by atoms with Crippen molar-refractivity contribution < 1.29 is 4.74 Å². The smallest absolute Gasteiger partial charge is 0.119 e. The van der Waals surface area contributed by atoms with Crippen LogP contribution in [0.2, 0.25) is 0 Å². The van der Waals surface area contributed by atoms with Crippen LogP contribution in [0.5, 0.6) is 5.75 Å². The molecule has 0 aliphatic rings. The number of nitrogens with one attached hydrogen (secondary N) is 1. The zero-order chi connectivity index (χ0) is 12.0. The Morgan fingerprint density at radius 2 is 2.00 bits per heavy atom. The van der Waals surface area contributed by atoms with Gasteiger partial charge in [-0.05, 0) is 58.4 Å². The summed E-state index contributed by atoms with van der Waals surface area (Å²) in [6.07, 6.45) is 2.49. The summed E-state index contributed by atoms with van der Waals surface area (Å²) in [5.41, 5.74) is 1.35. The molecule has 90 valence electrons. The molecule has 0 amide bonds. The third kappa shape index (κ3) is 4.67. The lowest BCUT2D eigenvalue weighted by Crippen LogP contribution is -2.21. The van der Waals surface area contributed by atoms with E-state index in [0.717, 1.165) is 18.6 Å². The van der Waals surface area contributed by atoms with Crippen molar-refractivity contribution in [2.24, 2.45) is 0 Å². The maximum absolute atomic E-state index is 5.67. The molecule has 16 heavy (non-hydrogen) atoms. The fourth-order valence-electron chi connectivity index (χ4n) is 1.57. The van der Waals surface area contributed by atoms with Gasteiger partial charge in [0.25, 0.3) is 0 Å². The largest absolute Gasteiger partial charge is 0.491 e. The monoisotopic (exact) mass is 221 g/mol. The van der Waals surface area contributed by atoms with Crippen LogP contribution in [0.3, 0.4) is 0 Å². The molecule has 0 fully saturated rings. The Kier molecular flexibility index (Phi) is 5.33. The maximum Gasteiger partial charge on any atom is 0.119 e. The molecule has 1 aromatic carbocycles. The van der Waals surface area contributed by atoms with Crippen LogP contribution in [0.1, 0.15) is 32.8 Å². The van der Waals surface area contributed by atoms with Crippen molar-refractivity contribution in [2.75, 3.05) is 7.05 Å². The van der Waals surface area contributed by atoms with Gasteiger partial charge < -0.3 is 10.1 Å². The summed E-state index contributed by atoms with van der Waals surface area (Å²) in [6.45, 7) is 6.31. The Morgan fingerprint density at radius 3 is 2.62 bits per heavy atom. The second kappa shape index (κ2) is 6.54. The van der Waals surface area contributed by atoms with Crippen molar-refractivity contribution >= 4 is 0 Å². The van der Waals surface area contributed by atoms with Crippen molar-refractivity contribution in [3.63, 3.8) is 0 Å². The highest BCUT2D eigenvalue weighted by Gasteiger charge is 2.02. The first-order valence-corrected chi connectivity index (χ1v) is 6.04. The Bertz CT molecular complexity index is 309. The number of ether oxygens (including phenoxy) is 1. The summed E-state index contributed by atoms with van der Waals surface area (Å²) in [5.74, 6) is 0.976. The zero-order valence-corrected chi connectivity index (χ0v) is 10.8. The molecule has 0 saturated heterocycles. The van der Waals surface area contributed by atoms with Crippen LogP contribution in [0.25, 0.3) is 0 Å². The van der Waals surface area contributed by atoms with Gasteiger partial charge in [-0.1, -0.05) is 12.1 Å². The maximum atomic E-state index is 5.67. The van der Waals surface area contributed by atoms with Crippen LogP contribution in [0.4, 0.5) is 0 Å². The Morgan fingerprint density at radius 1 is 1.25 bits per heavy atom. The van der Waals surface area contributed by atoms with E-state index in [1.54, 1.807) is 0 Å². The topological polar surface area (TPSA) is 21.3 Å². The van der Waals surface area contributed by atoms with E-state index in [9.17, 15) is 0 Å². The first kappa shape index (κ1) is 13.0. The minimum Gasteiger partial charge on any atom is -0.491 e. The van der Waals surface area contributed by atoms with Gasteiger partial charge in [-0.2, -0.15) is 0 Å². The molecule has 0 spiro atoms. The summed E-state index contributed by atoms with van der Waals surface area (Å²) in [4.78, 5) is 0. The van der Waals surface area contributed by atoms with Crippen LogP contribution in [0, 0.1) is 0 Å². The number of hydrogen-bond donors (Lipinski definition) is 1. The minimum absolute atomic E-state index is 0.242. The van der Waals surface area contributed by atoms with Crippen LogP contribution >= 0.6 is 0 Å². The van der Waals surface area contributed by atoms with Gasteiger partial charge in [0.1, 0.15) is 5.75 Å². The molecular formula is C14H23NO. The molecule has 2 heteroatoms. The second-order valence-corrected chi connectivity index (χ2v) is 4.54. The van der Waals surface area contributed by atoms with Gasteiger partial charge in [0.05, 0.1) is 6.10 Å². The number of aryl methyl sites for hydroxylation is 1. The average molecular weight is 221 g/mol. The molecule has 1 atom stereocenters. The Labute approximate surface area is 99.0 Å². The summed E-state index contributed by atoms with van der Waals surface area (Å²) >= 11 is 0. The molecule has 0 aliphatic carbocycles. The minimum atomic E-state index is 0.242. The second-order valence-electron chi connectivity index (χ2n) is 4.54. The summed E-state index contributed by atoms with van der Waals surface area (Å²) < 4.78 is 5.67. The normalized spacial score (nSPS) is 12.8. The van der Waals surface area contributed by atoms with E-state index in [2.05, 4.69) is 44.3 Å². The number of hydrogen-bond acceptors (Lipinski definition) is 2. The van der Waals surface area contributed by atoms with Gasteiger partial charge in [0, 0.05) is 6.04 Å². The third-order valence-corrected chi connectivity index (χ3v) is 2.63. The third-order valence-electron chi connectivity index (χ3n) is 2.63. The van der Waals surface area contributed by atoms with Crippen LogP contribution in [-0.2, 0) is 6.42 Å². The van der Waals surface area contributed by atoms with Crippen molar-refractivity contribution in [3.8, 4) is 5.75 Å². The number of benzene rings is 1. The SMILES string of the molecule is CNC(C)CCc1cccc(OC(C)C)c1. The molecule has 0 radical (unpaired) electrons. The molecule has 0 heterocycles. The van der Waals surface area contributed by atoms with E-state index in [1.807, 2.05) is 13.1 Å². The Balaban J connectivity index is 2.53. The predicted molar refractivity (Wildman–Crippen MR) is 69.0 cm³/mol. The van der Waals surface area contributed by atoms with E-state index in [4.69, 9.17) is 4.74 Å². The fourth-order valence-corrected chi connectivity index (χ4v) is 1.57. The molecule has 1 unspecified atom stereocenters. The van der Waals surface area contributed by atoms with Crippen LogP contribution < -0.4 is 10.1 Å². The van der Waals surface area contributed by atoms with Gasteiger partial charge >= 0.3 is 0 Å². The zero-order valence-electron chi connectivity index (χ0n) is 10.8. The highest BCUT2D eigenvalue weighted by molar-refractivity contribution is 5.28. The highest BCUT2D eigenvalue weighted by atomic mass is 16.5. The lowest BCUT2D eigenvalue weighted by molar-refractivity contribution is 0.242. The standard InChI is InChI=1S/C14H23NO/c1-11(2)16-14-7-5-6-13(10-14)9-8-12(3)15-4/h5-7,10-12,15H,8-9H2,1-4H3. The molecule has 2 nitrogen and oxygen atoms in total. The quantitative estimate of drug-likeness (QED) is 0.797. The van der Waals surface area contributed by atoms with E-state index < -0.39 is 0 Å². The van der Waals surface area contributed by atoms with E-state index in [1.165, 1.54) is 5.56 Å². The Hall–Kier alpha value is -1.02. The summed E-state index contributed by atoms with van der Waals surface area (Å²) in [6, 6.07) is 8.95. The van der Waals surface area contributed by atoms with Gasteiger partial charge in [-0.25, -0.2) is 0 Å². The van der Waals surface area contributed by atoms with Crippen molar-refractivity contribution in [1.82, 2.24) is 5.32 Å². The predicted octanol–water partition coefficient (Wildman–Crippen LogP) is 3.01. The van der Waals surface area contributed by atoms with E-state index in [-0.39, 0.29) is 6.10 Å². The summed E-state index contributed by atoms with van der Waals surface area (Å²) in [5, 5.41) is 3.25. The molecule has 1 N–H and O–H groups in total. The van der Waals surface area contributed by atoms with Crippen molar-refractivity contribution in [3.05, 3.63) is 29.8 Å². The van der Waals surface area contributed by atoms with Gasteiger partial charge in [0.2, 0.25) is 0 Å². The lowest BCUT2D eigenvalue weighted by atomic mass is 10.1. The van der Waals surface area contributed by atoms with Gasteiger partial charge in [-0.3, -0.25) is 0 Å². The van der Waals surface area contributed by atoms with Crippen molar-refractivity contribution in [1.29, 1.82) is 0 Å². The molecule has 0 aliphatic heterocycles. The summed E-state index contributed by atoms with van der Waals surface area (Å²) in [7, 11) is 2.00. The van der Waals surface area contributed by atoms with Gasteiger partial charge in [0.15, 0.2) is 0 Å². The molecule has 1 aromatic rings. The average Bonchev–Trinajstić information content (AvgIpc) is 2.25. The van der Waals surface area contributed by atoms with Crippen LogP contribution in [-0.4, -0.2) is 19.2 Å². The van der Waals surface area contributed by atoms with Crippen LogP contribution in [0.15, 0.2) is 24.3 Å². The molecular weight excluding hydrogens is 198 g/mol. The number of rotatable bonds is 6. The molecule has 0 saturated carbocycles. The fraction of sp³-hybridized carbons (Fsp3) is 0.571. The van der Waals surface area contributed by atoms with Crippen molar-refractivity contribution in [2.45, 2.75) is 45.8 Å².